The molecule has 0 aliphatic carbocycles. The molecule has 0 amide bonds. The van der Waals surface area contributed by atoms with Crippen LogP contribution in [0.25, 0.3) is 0 Å². The molecule has 0 aromatic rings. The molecule has 158 valence electrons. The van der Waals surface area contributed by atoms with Gasteiger partial charge in [-0.3, -0.25) is 0 Å². The summed E-state index contributed by atoms with van der Waals surface area (Å²) in [6, 6.07) is 0. The highest BCUT2D eigenvalue weighted by molar-refractivity contribution is 7.84. The van der Waals surface area contributed by atoms with E-state index in [1.165, 1.54) is 12.2 Å². The Morgan fingerprint density at radius 3 is 1.54 bits per heavy atom. The summed E-state index contributed by atoms with van der Waals surface area (Å²) in [7, 11) is 0. The average Bonchev–Trinajstić information content (AvgIpc) is 2.70. The minimum atomic E-state index is -0.857. The van der Waals surface area contributed by atoms with Crippen LogP contribution in [0.5, 0.6) is 0 Å². The Kier molecular flexibility index (Phi) is 10.2. The van der Waals surface area contributed by atoms with E-state index in [-0.39, 0.29) is 26.4 Å². The van der Waals surface area contributed by atoms with Gasteiger partial charge in [-0.1, -0.05) is 12.2 Å². The predicted molar refractivity (Wildman–Crippen MR) is 108 cm³/mol. The third kappa shape index (κ3) is 7.64. The first-order valence-corrected chi connectivity index (χ1v) is 9.58. The molecule has 4 N–H and O–H groups in total. The average molecular weight is 435 g/mol. The van der Waals surface area contributed by atoms with Crippen molar-refractivity contribution in [2.45, 2.75) is 37.0 Å². The van der Waals surface area contributed by atoms with E-state index < -0.39 is 37.0 Å². The Morgan fingerprint density at radius 1 is 0.786 bits per heavy atom. The van der Waals surface area contributed by atoms with E-state index >= 15 is 0 Å². The quantitative estimate of drug-likeness (QED) is 0.169. The van der Waals surface area contributed by atoms with Crippen LogP contribution in [0.15, 0.2) is 46.3 Å². The molecule has 2 heterocycles. The molecule has 8 nitrogen and oxygen atoms in total. The van der Waals surface area contributed by atoms with Crippen molar-refractivity contribution in [3.8, 4) is 0 Å². The molecule has 2 aliphatic heterocycles. The van der Waals surface area contributed by atoms with Gasteiger partial charge in [0.1, 0.15) is 24.4 Å². The van der Waals surface area contributed by atoms with Gasteiger partial charge in [0.25, 0.3) is 0 Å². The lowest BCUT2D eigenvalue weighted by Gasteiger charge is -2.28. The minimum absolute atomic E-state index is 0.162. The molecule has 10 heteroatoms. The largest absolute Gasteiger partial charge is 0.394 e. The van der Waals surface area contributed by atoms with Gasteiger partial charge in [0.05, 0.1) is 26.4 Å². The molecule has 0 spiro atoms. The van der Waals surface area contributed by atoms with Crippen LogP contribution in [-0.4, -0.2) is 83.8 Å². The molecule has 0 radical (unpaired) electrons. The summed E-state index contributed by atoms with van der Waals surface area (Å²) in [4.78, 5) is 1.21. The van der Waals surface area contributed by atoms with E-state index in [1.54, 1.807) is 24.3 Å². The first kappa shape index (κ1) is 23.6. The molecular formula is C18H26O8S2. The van der Waals surface area contributed by atoms with Crippen molar-refractivity contribution in [3.05, 3.63) is 46.3 Å². The zero-order chi connectivity index (χ0) is 20.5. The third-order valence-corrected chi connectivity index (χ3v) is 4.49. The van der Waals surface area contributed by atoms with Crippen molar-refractivity contribution >= 4 is 25.3 Å². The van der Waals surface area contributed by atoms with Gasteiger partial charge in [0.15, 0.2) is 12.6 Å². The van der Waals surface area contributed by atoms with Gasteiger partial charge in [-0.15, -0.1) is 25.3 Å². The summed E-state index contributed by atoms with van der Waals surface area (Å²) in [6.45, 7) is -0.290. The molecule has 0 saturated carbocycles. The molecular weight excluding hydrogens is 408 g/mol. The minimum Gasteiger partial charge on any atom is -0.394 e. The Morgan fingerprint density at radius 2 is 1.18 bits per heavy atom. The van der Waals surface area contributed by atoms with Gasteiger partial charge in [-0.05, 0) is 24.3 Å². The van der Waals surface area contributed by atoms with Crippen LogP contribution in [0, 0.1) is 0 Å². The maximum absolute atomic E-state index is 9.58. The normalized spacial score (nSPS) is 34.1. The van der Waals surface area contributed by atoms with Crippen LogP contribution in [0.4, 0.5) is 0 Å². The SMILES string of the molecule is OCC1O[C@H](OC/C(S)=C/C=C(\S)CO[C@@H]2C=C[C@H](O)C(CO)O2)C=C[C@@H]1O. The third-order valence-electron chi connectivity index (χ3n) is 3.93. The molecule has 0 bridgehead atoms. The number of thiol groups is 2. The number of hydrogen-bond acceptors (Lipinski definition) is 10. The lowest BCUT2D eigenvalue weighted by atomic mass is 10.1. The molecule has 0 fully saturated rings. The molecule has 2 rings (SSSR count). The Labute approximate surface area is 174 Å². The highest BCUT2D eigenvalue weighted by Crippen LogP contribution is 2.17. The molecule has 2 unspecified atom stereocenters. The number of rotatable bonds is 9. The fourth-order valence-corrected chi connectivity index (χ4v) is 2.67. The van der Waals surface area contributed by atoms with Gasteiger partial charge in [0.2, 0.25) is 0 Å². The number of aliphatic hydroxyl groups excluding tert-OH is 4. The van der Waals surface area contributed by atoms with E-state index in [1.807, 2.05) is 0 Å². The summed E-state index contributed by atoms with van der Waals surface area (Å²) in [6.07, 6.45) is 5.05. The van der Waals surface area contributed by atoms with E-state index in [0.29, 0.717) is 9.81 Å². The summed E-state index contributed by atoms with van der Waals surface area (Å²) >= 11 is 8.64. The molecule has 0 aromatic carbocycles. The van der Waals surface area contributed by atoms with E-state index in [9.17, 15) is 10.2 Å². The van der Waals surface area contributed by atoms with Crippen LogP contribution in [-0.2, 0) is 18.9 Å². The van der Waals surface area contributed by atoms with Crippen LogP contribution < -0.4 is 0 Å². The van der Waals surface area contributed by atoms with Crippen molar-refractivity contribution in [2.75, 3.05) is 26.4 Å². The highest BCUT2D eigenvalue weighted by atomic mass is 32.1. The summed E-state index contributed by atoms with van der Waals surface area (Å²) < 4.78 is 21.8. The fraction of sp³-hybridized carbons (Fsp3) is 0.556. The van der Waals surface area contributed by atoms with Crippen molar-refractivity contribution < 1.29 is 39.4 Å². The summed E-state index contributed by atoms with van der Waals surface area (Å²) in [5, 5.41) is 37.4. The smallest absolute Gasteiger partial charge is 0.177 e. The van der Waals surface area contributed by atoms with Crippen LogP contribution in [0.1, 0.15) is 0 Å². The second-order valence-electron chi connectivity index (χ2n) is 6.14. The number of allylic oxidation sites excluding steroid dienone is 2. The summed E-state index contributed by atoms with van der Waals surface area (Å²) in [5.41, 5.74) is 0. The fourth-order valence-electron chi connectivity index (χ4n) is 2.37. The van der Waals surface area contributed by atoms with E-state index in [0.717, 1.165) is 0 Å². The van der Waals surface area contributed by atoms with E-state index in [4.69, 9.17) is 29.2 Å². The van der Waals surface area contributed by atoms with Crippen molar-refractivity contribution in [1.29, 1.82) is 0 Å². The van der Waals surface area contributed by atoms with Gasteiger partial charge in [0, 0.05) is 9.81 Å². The second kappa shape index (κ2) is 12.1. The maximum atomic E-state index is 9.58. The maximum Gasteiger partial charge on any atom is 0.177 e. The van der Waals surface area contributed by atoms with Crippen molar-refractivity contribution in [1.82, 2.24) is 0 Å². The lowest BCUT2D eigenvalue weighted by molar-refractivity contribution is -0.175. The number of hydrogen-bond donors (Lipinski definition) is 6. The predicted octanol–water partition coefficient (Wildman–Crippen LogP) is -0.0844. The van der Waals surface area contributed by atoms with Gasteiger partial charge in [-0.2, -0.15) is 0 Å². The van der Waals surface area contributed by atoms with E-state index in [2.05, 4.69) is 25.3 Å². The van der Waals surface area contributed by atoms with Crippen LogP contribution in [0.3, 0.4) is 0 Å². The van der Waals surface area contributed by atoms with Crippen LogP contribution >= 0.6 is 25.3 Å². The van der Waals surface area contributed by atoms with Crippen molar-refractivity contribution in [3.63, 3.8) is 0 Å². The standard InChI is InChI=1S/C18H26O8S2/c19-7-15-13(21)3-5-17(25-15)23-9-11(27)1-2-12(28)10-24-18-6-4-14(22)16(8-20)26-18/h1-6,13-22,27-28H,7-10H2/b11-1-,12-2-/t13-,14-,15?,16?,17-,18-/m0/s1. The van der Waals surface area contributed by atoms with Crippen LogP contribution in [0.2, 0.25) is 0 Å². The molecule has 0 saturated heterocycles. The molecule has 0 aromatic heterocycles. The number of aliphatic hydroxyl groups is 4. The second-order valence-corrected chi connectivity index (χ2v) is 7.29. The Balaban J connectivity index is 1.74. The topological polar surface area (TPSA) is 118 Å². The van der Waals surface area contributed by atoms with Gasteiger partial charge in [-0.25, -0.2) is 0 Å². The Bertz CT molecular complexity index is 554. The highest BCUT2D eigenvalue weighted by Gasteiger charge is 2.26. The monoisotopic (exact) mass is 434 g/mol. The number of ether oxygens (including phenoxy) is 4. The zero-order valence-electron chi connectivity index (χ0n) is 15.1. The van der Waals surface area contributed by atoms with Gasteiger partial charge >= 0.3 is 0 Å². The van der Waals surface area contributed by atoms with Gasteiger partial charge < -0.3 is 39.4 Å². The lowest BCUT2D eigenvalue weighted by Crippen LogP contribution is -2.38. The summed E-state index contributed by atoms with van der Waals surface area (Å²) in [5.74, 6) is 0. The van der Waals surface area contributed by atoms with Crippen molar-refractivity contribution in [2.24, 2.45) is 0 Å². The molecule has 2 aliphatic rings. The Hall–Kier alpha value is -0.660. The molecule has 6 atom stereocenters. The molecule has 28 heavy (non-hydrogen) atoms. The zero-order valence-corrected chi connectivity index (χ0v) is 16.9. The first-order valence-electron chi connectivity index (χ1n) is 8.69. The first-order chi connectivity index (χ1) is 13.4.